The molecule has 0 atom stereocenters. The maximum absolute atomic E-state index is 13.9. The highest BCUT2D eigenvalue weighted by Gasteiger charge is 2.15. The largest absolute Gasteiger partial charge is 0.467 e. The van der Waals surface area contributed by atoms with E-state index in [1.807, 2.05) is 26.0 Å². The van der Waals surface area contributed by atoms with Crippen molar-refractivity contribution in [2.24, 2.45) is 0 Å². The third-order valence-electron chi connectivity index (χ3n) is 2.67. The van der Waals surface area contributed by atoms with Crippen molar-refractivity contribution in [3.63, 3.8) is 0 Å². The summed E-state index contributed by atoms with van der Waals surface area (Å²) in [5.41, 5.74) is 0. The lowest BCUT2D eigenvalue weighted by Gasteiger charge is -2.21. The molecule has 2 heterocycles. The van der Waals surface area contributed by atoms with Crippen LogP contribution in [0.5, 0.6) is 0 Å². The van der Waals surface area contributed by atoms with Gasteiger partial charge in [0.15, 0.2) is 11.6 Å². The van der Waals surface area contributed by atoms with Crippen molar-refractivity contribution in [1.29, 1.82) is 0 Å². The Bertz CT molecular complexity index is 515. The van der Waals surface area contributed by atoms with Crippen LogP contribution >= 0.6 is 0 Å². The van der Waals surface area contributed by atoms with Gasteiger partial charge in [0.2, 0.25) is 5.95 Å². The Labute approximate surface area is 111 Å². The second-order valence-electron chi connectivity index (χ2n) is 3.99. The standard InChI is InChI=1S/C13H17FN4O/c1-3-15-13-16-8-11(14)12(17-13)18(4-2)9-10-6-5-7-19-10/h5-8H,3-4,9H2,1-2H3,(H,15,16,17). The molecule has 2 aromatic heterocycles. The number of nitrogens with zero attached hydrogens (tertiary/aromatic N) is 3. The number of rotatable bonds is 6. The lowest BCUT2D eigenvalue weighted by atomic mass is 10.3. The normalized spacial score (nSPS) is 10.5. The molecule has 0 aliphatic rings. The van der Waals surface area contributed by atoms with Crippen molar-refractivity contribution in [2.45, 2.75) is 20.4 Å². The lowest BCUT2D eigenvalue weighted by Crippen LogP contribution is -2.24. The number of aromatic nitrogens is 2. The van der Waals surface area contributed by atoms with Gasteiger partial charge in [0.1, 0.15) is 5.76 Å². The molecule has 0 saturated heterocycles. The SMILES string of the molecule is CCNc1ncc(F)c(N(CC)Cc2ccco2)n1. The summed E-state index contributed by atoms with van der Waals surface area (Å²) in [7, 11) is 0. The van der Waals surface area contributed by atoms with Gasteiger partial charge in [-0.1, -0.05) is 0 Å². The van der Waals surface area contributed by atoms with Gasteiger partial charge in [0.05, 0.1) is 19.0 Å². The van der Waals surface area contributed by atoms with Gasteiger partial charge in [-0.05, 0) is 26.0 Å². The number of furan rings is 1. The first kappa shape index (κ1) is 13.3. The molecular weight excluding hydrogens is 247 g/mol. The van der Waals surface area contributed by atoms with E-state index in [4.69, 9.17) is 4.42 Å². The fourth-order valence-corrected chi connectivity index (χ4v) is 1.75. The Morgan fingerprint density at radius 3 is 2.89 bits per heavy atom. The quantitative estimate of drug-likeness (QED) is 0.869. The van der Waals surface area contributed by atoms with Crippen LogP contribution in [0.3, 0.4) is 0 Å². The third-order valence-corrected chi connectivity index (χ3v) is 2.67. The van der Waals surface area contributed by atoms with Crippen molar-refractivity contribution < 1.29 is 8.81 Å². The summed E-state index contributed by atoms with van der Waals surface area (Å²) in [6.07, 6.45) is 2.79. The monoisotopic (exact) mass is 264 g/mol. The van der Waals surface area contributed by atoms with Crippen molar-refractivity contribution in [1.82, 2.24) is 9.97 Å². The minimum absolute atomic E-state index is 0.282. The molecule has 0 amide bonds. The smallest absolute Gasteiger partial charge is 0.224 e. The molecule has 0 fully saturated rings. The van der Waals surface area contributed by atoms with E-state index >= 15 is 0 Å². The Hall–Kier alpha value is -2.11. The molecule has 2 rings (SSSR count). The predicted octanol–water partition coefficient (Wildman–Crippen LogP) is 2.67. The molecule has 0 spiro atoms. The predicted molar refractivity (Wildman–Crippen MR) is 71.6 cm³/mol. The van der Waals surface area contributed by atoms with Crippen LogP contribution in [-0.4, -0.2) is 23.1 Å². The first-order valence-electron chi connectivity index (χ1n) is 6.28. The van der Waals surface area contributed by atoms with Gasteiger partial charge < -0.3 is 14.6 Å². The molecule has 0 bridgehead atoms. The average molecular weight is 264 g/mol. The summed E-state index contributed by atoms with van der Waals surface area (Å²) in [6, 6.07) is 3.66. The van der Waals surface area contributed by atoms with E-state index in [1.54, 1.807) is 11.2 Å². The fourth-order valence-electron chi connectivity index (χ4n) is 1.75. The molecule has 0 aliphatic carbocycles. The average Bonchev–Trinajstić information content (AvgIpc) is 2.92. The zero-order valence-electron chi connectivity index (χ0n) is 11.1. The van der Waals surface area contributed by atoms with Gasteiger partial charge in [-0.2, -0.15) is 4.98 Å². The highest BCUT2D eigenvalue weighted by Crippen LogP contribution is 2.19. The van der Waals surface area contributed by atoms with Gasteiger partial charge in [-0.3, -0.25) is 0 Å². The van der Waals surface area contributed by atoms with Crippen LogP contribution in [0.1, 0.15) is 19.6 Å². The minimum atomic E-state index is -0.435. The number of halogens is 1. The molecule has 2 aromatic rings. The maximum Gasteiger partial charge on any atom is 0.224 e. The van der Waals surface area contributed by atoms with E-state index < -0.39 is 5.82 Å². The van der Waals surface area contributed by atoms with E-state index in [9.17, 15) is 4.39 Å². The van der Waals surface area contributed by atoms with Crippen molar-refractivity contribution in [2.75, 3.05) is 23.3 Å². The van der Waals surface area contributed by atoms with E-state index in [1.165, 1.54) is 6.20 Å². The second kappa shape index (κ2) is 6.17. The van der Waals surface area contributed by atoms with E-state index in [-0.39, 0.29) is 5.82 Å². The Kier molecular flexibility index (Phi) is 4.33. The number of anilines is 2. The van der Waals surface area contributed by atoms with Crippen LogP contribution in [0.2, 0.25) is 0 Å². The van der Waals surface area contributed by atoms with E-state index in [0.29, 0.717) is 25.6 Å². The summed E-state index contributed by atoms with van der Waals surface area (Å²) >= 11 is 0. The summed E-state index contributed by atoms with van der Waals surface area (Å²) in [5.74, 6) is 1.04. The molecule has 1 N–H and O–H groups in total. The van der Waals surface area contributed by atoms with Crippen LogP contribution in [0.15, 0.2) is 29.0 Å². The second-order valence-corrected chi connectivity index (χ2v) is 3.99. The molecular formula is C13H17FN4O. The molecule has 19 heavy (non-hydrogen) atoms. The van der Waals surface area contributed by atoms with Crippen molar-refractivity contribution in [3.8, 4) is 0 Å². The van der Waals surface area contributed by atoms with Crippen LogP contribution in [0.4, 0.5) is 16.2 Å². The van der Waals surface area contributed by atoms with E-state index in [0.717, 1.165) is 5.76 Å². The molecule has 0 saturated carbocycles. The molecule has 102 valence electrons. The van der Waals surface area contributed by atoms with Crippen molar-refractivity contribution >= 4 is 11.8 Å². The topological polar surface area (TPSA) is 54.2 Å². The number of hydrogen-bond acceptors (Lipinski definition) is 5. The summed E-state index contributed by atoms with van der Waals surface area (Å²) in [6.45, 7) is 5.67. The Morgan fingerprint density at radius 2 is 2.26 bits per heavy atom. The highest BCUT2D eigenvalue weighted by molar-refractivity contribution is 5.44. The van der Waals surface area contributed by atoms with Gasteiger partial charge in [0, 0.05) is 13.1 Å². The Morgan fingerprint density at radius 1 is 1.42 bits per heavy atom. The zero-order valence-corrected chi connectivity index (χ0v) is 11.1. The molecule has 6 heteroatoms. The van der Waals surface area contributed by atoms with Gasteiger partial charge in [0.25, 0.3) is 0 Å². The number of hydrogen-bond donors (Lipinski definition) is 1. The fraction of sp³-hybridized carbons (Fsp3) is 0.385. The zero-order chi connectivity index (χ0) is 13.7. The summed E-state index contributed by atoms with van der Waals surface area (Å²) in [4.78, 5) is 9.90. The molecule has 0 aliphatic heterocycles. The number of nitrogens with one attached hydrogen (secondary N) is 1. The van der Waals surface area contributed by atoms with Crippen LogP contribution in [0, 0.1) is 5.82 Å². The molecule has 0 unspecified atom stereocenters. The molecule has 0 aromatic carbocycles. The molecule has 0 radical (unpaired) electrons. The van der Waals surface area contributed by atoms with Crippen molar-refractivity contribution in [3.05, 3.63) is 36.2 Å². The summed E-state index contributed by atoms with van der Waals surface area (Å²) in [5, 5.41) is 2.97. The van der Waals surface area contributed by atoms with Crippen LogP contribution in [0.25, 0.3) is 0 Å². The summed E-state index contributed by atoms with van der Waals surface area (Å²) < 4.78 is 19.1. The maximum atomic E-state index is 13.9. The van der Waals surface area contributed by atoms with Gasteiger partial charge in [-0.25, -0.2) is 9.37 Å². The minimum Gasteiger partial charge on any atom is -0.467 e. The van der Waals surface area contributed by atoms with Gasteiger partial charge in [-0.15, -0.1) is 0 Å². The third kappa shape index (κ3) is 3.21. The Balaban J connectivity index is 2.23. The van der Waals surface area contributed by atoms with Gasteiger partial charge >= 0.3 is 0 Å². The first-order chi connectivity index (χ1) is 9.24. The lowest BCUT2D eigenvalue weighted by molar-refractivity contribution is 0.499. The van der Waals surface area contributed by atoms with Crippen LogP contribution < -0.4 is 10.2 Å². The highest BCUT2D eigenvalue weighted by atomic mass is 19.1. The first-order valence-corrected chi connectivity index (χ1v) is 6.28. The van der Waals surface area contributed by atoms with E-state index in [2.05, 4.69) is 15.3 Å². The van der Waals surface area contributed by atoms with Crippen LogP contribution in [-0.2, 0) is 6.54 Å². The molecule has 5 nitrogen and oxygen atoms in total.